The van der Waals surface area contributed by atoms with Gasteiger partial charge < -0.3 is 25.6 Å². The van der Waals surface area contributed by atoms with E-state index >= 15 is 0 Å². The van der Waals surface area contributed by atoms with E-state index in [1.54, 1.807) is 6.07 Å². The highest BCUT2D eigenvalue weighted by Crippen LogP contribution is 2.17. The Morgan fingerprint density at radius 3 is 2.48 bits per heavy atom. The molecule has 0 unspecified atom stereocenters. The van der Waals surface area contributed by atoms with E-state index in [-0.39, 0.29) is 5.91 Å². The van der Waals surface area contributed by atoms with Crippen LogP contribution in [0.4, 0.5) is 17.1 Å². The second-order valence-corrected chi connectivity index (χ2v) is 6.64. The smallest absolute Gasteiger partial charge is 0.221 e. The summed E-state index contributed by atoms with van der Waals surface area (Å²) in [6.07, 6.45) is 0.797. The van der Waals surface area contributed by atoms with Gasteiger partial charge in [-0.2, -0.15) is 0 Å². The highest BCUT2D eigenvalue weighted by molar-refractivity contribution is 7.80. The molecule has 144 valence electrons. The van der Waals surface area contributed by atoms with Crippen LogP contribution in [0.2, 0.25) is 0 Å². The Labute approximate surface area is 165 Å². The molecule has 7 heteroatoms. The summed E-state index contributed by atoms with van der Waals surface area (Å²) in [5, 5.41) is 9.65. The molecule has 0 aliphatic heterocycles. The fourth-order valence-corrected chi connectivity index (χ4v) is 2.57. The number of rotatable bonds is 8. The number of benzene rings is 2. The van der Waals surface area contributed by atoms with Gasteiger partial charge in [-0.1, -0.05) is 6.07 Å². The third-order valence-corrected chi connectivity index (χ3v) is 3.92. The lowest BCUT2D eigenvalue weighted by molar-refractivity contribution is -0.114. The Morgan fingerprint density at radius 2 is 1.81 bits per heavy atom. The van der Waals surface area contributed by atoms with Gasteiger partial charge in [0.2, 0.25) is 5.91 Å². The molecule has 3 N–H and O–H groups in total. The predicted octanol–water partition coefficient (Wildman–Crippen LogP) is 3.47. The van der Waals surface area contributed by atoms with Crippen molar-refractivity contribution in [2.45, 2.75) is 13.3 Å². The van der Waals surface area contributed by atoms with Crippen molar-refractivity contribution < 1.29 is 9.53 Å². The fourth-order valence-electron chi connectivity index (χ4n) is 2.35. The Hall–Kier alpha value is -2.80. The molecule has 0 spiro atoms. The minimum absolute atomic E-state index is 0.103. The van der Waals surface area contributed by atoms with Crippen LogP contribution in [0.5, 0.6) is 5.75 Å². The van der Waals surface area contributed by atoms with E-state index in [4.69, 9.17) is 17.0 Å². The molecule has 2 aromatic rings. The first kappa shape index (κ1) is 20.5. The lowest BCUT2D eigenvalue weighted by atomic mass is 10.2. The van der Waals surface area contributed by atoms with E-state index in [1.807, 2.05) is 61.5 Å². The molecule has 0 saturated heterocycles. The van der Waals surface area contributed by atoms with Gasteiger partial charge in [-0.05, 0) is 55.0 Å². The number of nitrogens with one attached hydrogen (secondary N) is 3. The van der Waals surface area contributed by atoms with E-state index < -0.39 is 0 Å². The zero-order valence-corrected chi connectivity index (χ0v) is 16.7. The maximum absolute atomic E-state index is 11.1. The van der Waals surface area contributed by atoms with E-state index in [1.165, 1.54) is 6.92 Å². The molecule has 0 aromatic heterocycles. The van der Waals surface area contributed by atoms with Crippen molar-refractivity contribution in [3.05, 3.63) is 48.5 Å². The molecular weight excluding hydrogens is 360 g/mol. The van der Waals surface area contributed by atoms with Gasteiger partial charge in [0.05, 0.1) is 6.61 Å². The van der Waals surface area contributed by atoms with Gasteiger partial charge in [-0.3, -0.25) is 4.79 Å². The average molecular weight is 387 g/mol. The zero-order valence-electron chi connectivity index (χ0n) is 15.9. The van der Waals surface area contributed by atoms with E-state index in [9.17, 15) is 4.79 Å². The van der Waals surface area contributed by atoms with Crippen molar-refractivity contribution >= 4 is 40.3 Å². The molecule has 1 amide bonds. The second kappa shape index (κ2) is 10.4. The van der Waals surface area contributed by atoms with Crippen LogP contribution in [-0.2, 0) is 4.79 Å². The number of carbonyl (C=O) groups excluding carboxylic acids is 1. The molecule has 0 heterocycles. The van der Waals surface area contributed by atoms with Crippen molar-refractivity contribution in [1.82, 2.24) is 5.32 Å². The molecule has 0 saturated carbocycles. The molecule has 0 atom stereocenters. The Morgan fingerprint density at radius 1 is 1.07 bits per heavy atom. The normalized spacial score (nSPS) is 10.0. The molecule has 2 aromatic carbocycles. The van der Waals surface area contributed by atoms with Gasteiger partial charge >= 0.3 is 0 Å². The Kier molecular flexibility index (Phi) is 7.88. The van der Waals surface area contributed by atoms with Crippen molar-refractivity contribution in [1.29, 1.82) is 0 Å². The molecule has 2 rings (SSSR count). The molecule has 27 heavy (non-hydrogen) atoms. The monoisotopic (exact) mass is 386 g/mol. The maximum atomic E-state index is 11.1. The standard InChI is InChI=1S/C20H26N4O2S/c1-15(25)22-17-6-4-7-19(14-17)26-13-5-12-21-20(27)23-16-8-10-18(11-9-16)24(2)3/h4,6-11,14H,5,12-13H2,1-3H3,(H,22,25)(H2,21,23,27). The van der Waals surface area contributed by atoms with Gasteiger partial charge in [0.15, 0.2) is 5.11 Å². The minimum atomic E-state index is -0.103. The largest absolute Gasteiger partial charge is 0.493 e. The molecule has 0 aliphatic rings. The van der Waals surface area contributed by atoms with Crippen molar-refractivity contribution in [3.8, 4) is 5.75 Å². The number of thiocarbonyl (C=S) groups is 1. The van der Waals surface area contributed by atoms with Crippen LogP contribution in [0.25, 0.3) is 0 Å². The topological polar surface area (TPSA) is 65.6 Å². The summed E-state index contributed by atoms with van der Waals surface area (Å²) in [6.45, 7) is 2.73. The second-order valence-electron chi connectivity index (χ2n) is 6.23. The van der Waals surface area contributed by atoms with E-state index in [0.717, 1.165) is 29.2 Å². The van der Waals surface area contributed by atoms with E-state index in [2.05, 4.69) is 16.0 Å². The van der Waals surface area contributed by atoms with Gasteiger partial charge in [0.1, 0.15) is 5.75 Å². The SMILES string of the molecule is CC(=O)Nc1cccc(OCCCNC(=S)Nc2ccc(N(C)C)cc2)c1. The fraction of sp³-hybridized carbons (Fsp3) is 0.300. The van der Waals surface area contributed by atoms with Gasteiger partial charge in [0, 0.05) is 50.7 Å². The number of anilines is 3. The molecule has 0 aliphatic carbocycles. The number of nitrogens with zero attached hydrogens (tertiary/aromatic N) is 1. The maximum Gasteiger partial charge on any atom is 0.221 e. The predicted molar refractivity (Wildman–Crippen MR) is 116 cm³/mol. The van der Waals surface area contributed by atoms with Gasteiger partial charge in [-0.25, -0.2) is 0 Å². The number of carbonyl (C=O) groups is 1. The summed E-state index contributed by atoms with van der Waals surface area (Å²) in [5.74, 6) is 0.622. The summed E-state index contributed by atoms with van der Waals surface area (Å²) >= 11 is 5.31. The summed E-state index contributed by atoms with van der Waals surface area (Å²) in [4.78, 5) is 13.1. The van der Waals surface area contributed by atoms with Gasteiger partial charge in [-0.15, -0.1) is 0 Å². The van der Waals surface area contributed by atoms with Crippen LogP contribution in [0.15, 0.2) is 48.5 Å². The minimum Gasteiger partial charge on any atom is -0.493 e. The lowest BCUT2D eigenvalue weighted by Crippen LogP contribution is -2.30. The van der Waals surface area contributed by atoms with Crippen LogP contribution in [0, 0.1) is 0 Å². The summed E-state index contributed by atoms with van der Waals surface area (Å²) < 4.78 is 5.70. The number of amides is 1. The first-order chi connectivity index (χ1) is 12.9. The van der Waals surface area contributed by atoms with Crippen LogP contribution in [0.3, 0.4) is 0 Å². The number of hydrogen-bond donors (Lipinski definition) is 3. The molecule has 0 radical (unpaired) electrons. The van der Waals surface area contributed by atoms with Crippen molar-refractivity contribution in [2.24, 2.45) is 0 Å². The van der Waals surface area contributed by atoms with Gasteiger partial charge in [0.25, 0.3) is 0 Å². The Bertz CT molecular complexity index is 763. The quantitative estimate of drug-likeness (QED) is 0.477. The summed E-state index contributed by atoms with van der Waals surface area (Å²) in [5.41, 5.74) is 2.81. The molecule has 6 nitrogen and oxygen atoms in total. The van der Waals surface area contributed by atoms with Crippen LogP contribution in [-0.4, -0.2) is 38.3 Å². The first-order valence-electron chi connectivity index (χ1n) is 8.77. The van der Waals surface area contributed by atoms with E-state index in [0.29, 0.717) is 18.3 Å². The number of hydrogen-bond acceptors (Lipinski definition) is 4. The van der Waals surface area contributed by atoms with Crippen molar-refractivity contribution in [3.63, 3.8) is 0 Å². The van der Waals surface area contributed by atoms with Crippen LogP contribution >= 0.6 is 12.2 Å². The highest BCUT2D eigenvalue weighted by Gasteiger charge is 2.01. The first-order valence-corrected chi connectivity index (χ1v) is 9.17. The van der Waals surface area contributed by atoms with Crippen LogP contribution in [0.1, 0.15) is 13.3 Å². The zero-order chi connectivity index (χ0) is 19.6. The van der Waals surface area contributed by atoms with Crippen molar-refractivity contribution in [2.75, 3.05) is 42.8 Å². The lowest BCUT2D eigenvalue weighted by Gasteiger charge is -2.14. The highest BCUT2D eigenvalue weighted by atomic mass is 32.1. The third kappa shape index (κ3) is 7.53. The molecule has 0 bridgehead atoms. The average Bonchev–Trinajstić information content (AvgIpc) is 2.61. The van der Waals surface area contributed by atoms with Crippen LogP contribution < -0.4 is 25.6 Å². The Balaban J connectivity index is 1.66. The summed E-state index contributed by atoms with van der Waals surface area (Å²) in [6, 6.07) is 15.4. The number of ether oxygens (including phenoxy) is 1. The molecular formula is C20H26N4O2S. The summed E-state index contributed by atoms with van der Waals surface area (Å²) in [7, 11) is 4.01. The third-order valence-electron chi connectivity index (χ3n) is 3.67. The molecule has 0 fully saturated rings.